The number of hydrogen-bond acceptors (Lipinski definition) is 5. The molecule has 0 saturated carbocycles. The Kier molecular flexibility index (Phi) is 4.02. The van der Waals surface area contributed by atoms with Gasteiger partial charge in [-0.25, -0.2) is 4.98 Å². The van der Waals surface area contributed by atoms with Crippen LogP contribution < -0.4 is 10.9 Å². The number of likely N-dealkylation sites (tertiary alicyclic amines) is 1. The van der Waals surface area contributed by atoms with E-state index in [0.29, 0.717) is 19.6 Å². The standard InChI is InChI=1S/C18H19N5O3/c1-11(24)22-8-12-6-13(10-22)16-3-2-14(18(26)23(16)9-12)21-17(25)15-7-19-4-5-20-15/h2-5,7,12-13H,6,8-10H2,1H3,(H,21,25)/t12-,13+/m0/s1. The summed E-state index contributed by atoms with van der Waals surface area (Å²) in [6, 6.07) is 3.51. The smallest absolute Gasteiger partial charge is 0.276 e. The summed E-state index contributed by atoms with van der Waals surface area (Å²) in [5, 5.41) is 2.63. The summed E-state index contributed by atoms with van der Waals surface area (Å²) in [6.07, 6.45) is 5.24. The molecule has 0 spiro atoms. The monoisotopic (exact) mass is 353 g/mol. The molecule has 8 nitrogen and oxygen atoms in total. The number of carbonyl (C=O) groups is 2. The summed E-state index contributed by atoms with van der Waals surface area (Å²) in [4.78, 5) is 46.5. The lowest BCUT2D eigenvalue weighted by molar-refractivity contribution is -0.131. The van der Waals surface area contributed by atoms with E-state index in [4.69, 9.17) is 0 Å². The first-order valence-corrected chi connectivity index (χ1v) is 8.59. The highest BCUT2D eigenvalue weighted by molar-refractivity contribution is 6.02. The Bertz CT molecular complexity index is 924. The molecule has 2 aliphatic rings. The van der Waals surface area contributed by atoms with Crippen molar-refractivity contribution in [1.82, 2.24) is 19.4 Å². The number of aromatic nitrogens is 3. The normalized spacial score (nSPS) is 21.0. The summed E-state index contributed by atoms with van der Waals surface area (Å²) in [5.41, 5.74) is 1.09. The second-order valence-corrected chi connectivity index (χ2v) is 6.86. The van der Waals surface area contributed by atoms with Gasteiger partial charge >= 0.3 is 0 Å². The van der Waals surface area contributed by atoms with E-state index in [-0.39, 0.29) is 34.7 Å². The third-order valence-corrected chi connectivity index (χ3v) is 5.09. The molecule has 2 aromatic rings. The van der Waals surface area contributed by atoms with Crippen LogP contribution in [0.4, 0.5) is 5.69 Å². The van der Waals surface area contributed by atoms with Gasteiger partial charge in [0.25, 0.3) is 11.5 Å². The van der Waals surface area contributed by atoms with E-state index in [1.807, 2.05) is 11.0 Å². The predicted octanol–water partition coefficient (Wildman–Crippen LogP) is 0.856. The van der Waals surface area contributed by atoms with Crippen LogP contribution in [-0.2, 0) is 11.3 Å². The molecule has 4 heterocycles. The van der Waals surface area contributed by atoms with Crippen LogP contribution in [0.5, 0.6) is 0 Å². The Morgan fingerprint density at radius 1 is 1.19 bits per heavy atom. The fraction of sp³-hybridized carbons (Fsp3) is 0.389. The summed E-state index contributed by atoms with van der Waals surface area (Å²) >= 11 is 0. The van der Waals surface area contributed by atoms with Crippen molar-refractivity contribution in [3.63, 3.8) is 0 Å². The number of amides is 2. The minimum absolute atomic E-state index is 0.0725. The molecule has 2 atom stereocenters. The zero-order valence-electron chi connectivity index (χ0n) is 14.4. The lowest BCUT2D eigenvalue weighted by atomic mass is 9.83. The van der Waals surface area contributed by atoms with Crippen LogP contribution in [0.15, 0.2) is 35.5 Å². The van der Waals surface area contributed by atoms with E-state index < -0.39 is 5.91 Å². The number of carbonyl (C=O) groups excluding carboxylic acids is 2. The van der Waals surface area contributed by atoms with Crippen LogP contribution in [0, 0.1) is 5.92 Å². The van der Waals surface area contributed by atoms with Crippen LogP contribution >= 0.6 is 0 Å². The average molecular weight is 353 g/mol. The Balaban J connectivity index is 1.62. The van der Waals surface area contributed by atoms with Crippen molar-refractivity contribution in [3.05, 3.63) is 52.5 Å². The molecule has 26 heavy (non-hydrogen) atoms. The van der Waals surface area contributed by atoms with Crippen LogP contribution in [0.1, 0.15) is 35.4 Å². The molecular formula is C18H19N5O3. The largest absolute Gasteiger partial charge is 0.342 e. The number of fused-ring (bicyclic) bond motifs is 4. The zero-order valence-corrected chi connectivity index (χ0v) is 14.4. The molecule has 1 N–H and O–H groups in total. The van der Waals surface area contributed by atoms with Gasteiger partial charge in [0.15, 0.2) is 0 Å². The van der Waals surface area contributed by atoms with Gasteiger partial charge in [-0.15, -0.1) is 0 Å². The topological polar surface area (TPSA) is 97.2 Å². The number of rotatable bonds is 2. The van der Waals surface area contributed by atoms with Crippen LogP contribution in [0.25, 0.3) is 0 Å². The molecule has 2 amide bonds. The first-order chi connectivity index (χ1) is 12.5. The van der Waals surface area contributed by atoms with Gasteiger partial charge in [0.2, 0.25) is 5.91 Å². The summed E-state index contributed by atoms with van der Waals surface area (Å²) in [5.74, 6) is 0.0236. The van der Waals surface area contributed by atoms with Gasteiger partial charge < -0.3 is 14.8 Å². The number of anilines is 1. The maximum Gasteiger partial charge on any atom is 0.276 e. The van der Waals surface area contributed by atoms with Gasteiger partial charge in [-0.05, 0) is 24.5 Å². The first-order valence-electron chi connectivity index (χ1n) is 8.59. The molecule has 0 radical (unpaired) electrons. The lowest BCUT2D eigenvalue weighted by Crippen LogP contribution is -2.48. The molecule has 1 fully saturated rings. The van der Waals surface area contributed by atoms with Crippen molar-refractivity contribution in [2.45, 2.75) is 25.8 Å². The third kappa shape index (κ3) is 2.87. The third-order valence-electron chi connectivity index (χ3n) is 5.09. The van der Waals surface area contributed by atoms with Gasteiger partial charge in [0.05, 0.1) is 6.20 Å². The number of nitrogens with one attached hydrogen (secondary N) is 1. The second kappa shape index (κ2) is 6.36. The first kappa shape index (κ1) is 16.4. The molecule has 134 valence electrons. The van der Waals surface area contributed by atoms with E-state index >= 15 is 0 Å². The summed E-state index contributed by atoms with van der Waals surface area (Å²) in [7, 11) is 0. The highest BCUT2D eigenvalue weighted by Gasteiger charge is 2.35. The van der Waals surface area contributed by atoms with E-state index in [9.17, 15) is 14.4 Å². The van der Waals surface area contributed by atoms with Crippen molar-refractivity contribution >= 4 is 17.5 Å². The van der Waals surface area contributed by atoms with Gasteiger partial charge in [-0.2, -0.15) is 0 Å². The van der Waals surface area contributed by atoms with Crippen LogP contribution in [0.3, 0.4) is 0 Å². The quantitative estimate of drug-likeness (QED) is 0.863. The molecule has 1 saturated heterocycles. The number of hydrogen-bond donors (Lipinski definition) is 1. The van der Waals surface area contributed by atoms with Crippen molar-refractivity contribution < 1.29 is 9.59 Å². The maximum absolute atomic E-state index is 12.9. The predicted molar refractivity (Wildman–Crippen MR) is 93.8 cm³/mol. The van der Waals surface area contributed by atoms with Crippen molar-refractivity contribution in [3.8, 4) is 0 Å². The molecule has 0 aliphatic carbocycles. The Labute approximate surface area is 149 Å². The van der Waals surface area contributed by atoms with Crippen molar-refractivity contribution in [1.29, 1.82) is 0 Å². The van der Waals surface area contributed by atoms with Gasteiger partial charge in [0, 0.05) is 50.6 Å². The van der Waals surface area contributed by atoms with Crippen LogP contribution in [0.2, 0.25) is 0 Å². The molecule has 0 unspecified atom stereocenters. The summed E-state index contributed by atoms with van der Waals surface area (Å²) < 4.78 is 1.74. The number of nitrogens with zero attached hydrogens (tertiary/aromatic N) is 4. The fourth-order valence-corrected chi connectivity index (χ4v) is 3.90. The van der Waals surface area contributed by atoms with Crippen molar-refractivity contribution in [2.75, 3.05) is 18.4 Å². The van der Waals surface area contributed by atoms with Crippen molar-refractivity contribution in [2.24, 2.45) is 5.92 Å². The van der Waals surface area contributed by atoms with Gasteiger partial charge in [-0.1, -0.05) is 0 Å². The lowest BCUT2D eigenvalue weighted by Gasteiger charge is -2.42. The van der Waals surface area contributed by atoms with E-state index in [2.05, 4.69) is 15.3 Å². The molecular weight excluding hydrogens is 334 g/mol. The van der Waals surface area contributed by atoms with E-state index in [1.54, 1.807) is 17.6 Å². The molecule has 8 heteroatoms. The van der Waals surface area contributed by atoms with E-state index in [1.165, 1.54) is 18.6 Å². The zero-order chi connectivity index (χ0) is 18.3. The maximum atomic E-state index is 12.9. The average Bonchev–Trinajstić information content (AvgIpc) is 2.65. The molecule has 2 bridgehead atoms. The SMILES string of the molecule is CC(=O)N1C[C@@H]2C[C@H](C1)c1ccc(NC(=O)c3cnccn3)c(=O)n1C2. The Hall–Kier alpha value is -3.03. The fourth-order valence-electron chi connectivity index (χ4n) is 3.90. The van der Waals surface area contributed by atoms with E-state index in [0.717, 1.165) is 12.1 Å². The number of pyridine rings is 1. The van der Waals surface area contributed by atoms with Crippen LogP contribution in [-0.4, -0.2) is 44.3 Å². The Morgan fingerprint density at radius 2 is 2.04 bits per heavy atom. The van der Waals surface area contributed by atoms with Gasteiger partial charge in [0.1, 0.15) is 11.4 Å². The Morgan fingerprint density at radius 3 is 2.77 bits per heavy atom. The molecule has 0 aromatic carbocycles. The van der Waals surface area contributed by atoms with Gasteiger partial charge in [-0.3, -0.25) is 19.4 Å². The highest BCUT2D eigenvalue weighted by Crippen LogP contribution is 2.35. The minimum atomic E-state index is -0.463. The molecule has 4 rings (SSSR count). The summed E-state index contributed by atoms with van der Waals surface area (Å²) in [6.45, 7) is 3.45. The molecule has 2 aromatic heterocycles. The minimum Gasteiger partial charge on any atom is -0.342 e. The highest BCUT2D eigenvalue weighted by atomic mass is 16.2. The second-order valence-electron chi connectivity index (χ2n) is 6.86. The molecule has 2 aliphatic heterocycles. The number of piperidine rings is 1.